The van der Waals surface area contributed by atoms with Crippen molar-refractivity contribution < 1.29 is 28.4 Å². The zero-order valence-electron chi connectivity index (χ0n) is 25.0. The molecule has 0 saturated carbocycles. The highest BCUT2D eigenvalue weighted by Gasteiger charge is 2.36. The number of fused-ring (bicyclic) bond motifs is 1. The van der Waals surface area contributed by atoms with Gasteiger partial charge in [0.05, 0.1) is 57.9 Å². The average molecular weight is 580 g/mol. The number of nitrogens with zero attached hydrogens (tertiary/aromatic N) is 2. The number of methoxy groups -OCH3 is 2. The van der Waals surface area contributed by atoms with E-state index in [4.69, 9.17) is 28.4 Å². The van der Waals surface area contributed by atoms with Gasteiger partial charge in [0, 0.05) is 52.4 Å². The third-order valence-electron chi connectivity index (χ3n) is 8.12. The van der Waals surface area contributed by atoms with Crippen LogP contribution in [0, 0.1) is 11.8 Å². The van der Waals surface area contributed by atoms with Crippen molar-refractivity contribution in [3.63, 3.8) is 0 Å². The molecule has 0 bridgehead atoms. The van der Waals surface area contributed by atoms with E-state index in [0.717, 1.165) is 94.8 Å². The minimum atomic E-state index is -0.0666. The Morgan fingerprint density at radius 1 is 0.929 bits per heavy atom. The number of benzene rings is 2. The highest BCUT2D eigenvalue weighted by atomic mass is 16.5. The number of anilines is 1. The lowest BCUT2D eigenvalue weighted by Crippen LogP contribution is -2.50. The summed E-state index contributed by atoms with van der Waals surface area (Å²) in [5, 5.41) is 3.54. The average Bonchev–Trinajstić information content (AvgIpc) is 3.04. The van der Waals surface area contributed by atoms with Crippen molar-refractivity contribution in [1.29, 1.82) is 0 Å². The molecular formula is C33H45N3O6. The van der Waals surface area contributed by atoms with Crippen molar-refractivity contribution in [1.82, 2.24) is 10.2 Å². The molecular weight excluding hydrogens is 534 g/mol. The van der Waals surface area contributed by atoms with Crippen LogP contribution >= 0.6 is 0 Å². The molecule has 2 aromatic carbocycles. The van der Waals surface area contributed by atoms with E-state index in [9.17, 15) is 0 Å². The van der Waals surface area contributed by atoms with E-state index >= 15 is 0 Å². The summed E-state index contributed by atoms with van der Waals surface area (Å²) in [5.74, 6) is 8.33. The SMILES string of the molecule is COCCCN1CCOc2ccc(CO[C@H]3CNC[C@@H](OCC#CCN4CCOCC4)[C@@H]3c3ccc(OC)cc3)cc21. The maximum Gasteiger partial charge on any atom is 0.142 e. The molecule has 3 heterocycles. The van der Waals surface area contributed by atoms with Crippen molar-refractivity contribution >= 4 is 5.69 Å². The van der Waals surface area contributed by atoms with Crippen LogP contribution in [0.3, 0.4) is 0 Å². The van der Waals surface area contributed by atoms with Gasteiger partial charge in [-0.15, -0.1) is 0 Å². The first-order valence-corrected chi connectivity index (χ1v) is 15.1. The Kier molecular flexibility index (Phi) is 11.8. The molecule has 0 amide bonds. The van der Waals surface area contributed by atoms with Crippen molar-refractivity contribution in [2.24, 2.45) is 0 Å². The van der Waals surface area contributed by atoms with Gasteiger partial charge >= 0.3 is 0 Å². The molecule has 0 aromatic heterocycles. The van der Waals surface area contributed by atoms with Crippen LogP contribution in [0.15, 0.2) is 42.5 Å². The maximum atomic E-state index is 6.65. The van der Waals surface area contributed by atoms with E-state index in [-0.39, 0.29) is 18.1 Å². The van der Waals surface area contributed by atoms with Crippen LogP contribution in [-0.4, -0.2) is 110 Å². The Balaban J connectivity index is 1.25. The van der Waals surface area contributed by atoms with Gasteiger partial charge in [-0.3, -0.25) is 4.90 Å². The Morgan fingerprint density at radius 2 is 1.74 bits per heavy atom. The monoisotopic (exact) mass is 579 g/mol. The second kappa shape index (κ2) is 16.1. The molecule has 3 aliphatic heterocycles. The van der Waals surface area contributed by atoms with E-state index in [1.165, 1.54) is 5.56 Å². The molecule has 0 unspecified atom stereocenters. The van der Waals surface area contributed by atoms with Gasteiger partial charge in [-0.2, -0.15) is 0 Å². The van der Waals surface area contributed by atoms with Crippen LogP contribution in [0.2, 0.25) is 0 Å². The first-order chi connectivity index (χ1) is 20.7. The number of hydrogen-bond donors (Lipinski definition) is 1. The van der Waals surface area contributed by atoms with E-state index < -0.39 is 0 Å². The molecule has 1 N–H and O–H groups in total. The first kappa shape index (κ1) is 30.6. The van der Waals surface area contributed by atoms with Crippen LogP contribution in [0.4, 0.5) is 5.69 Å². The minimum Gasteiger partial charge on any atom is -0.497 e. The standard InChI is InChI=1S/C33H45N3O6/c1-37-17-5-13-36-16-21-41-30-11-6-26(22-29(30)36)25-42-32-24-34-23-31(33(32)27-7-9-28(38-2)10-8-27)40-18-4-3-12-35-14-19-39-20-15-35/h6-11,22,31-34H,5,12-21,23-25H2,1-2H3/t31-,32+,33+/m1/s1. The largest absolute Gasteiger partial charge is 0.497 e. The highest BCUT2D eigenvalue weighted by Crippen LogP contribution is 2.35. The van der Waals surface area contributed by atoms with E-state index in [0.29, 0.717) is 19.8 Å². The van der Waals surface area contributed by atoms with E-state index in [2.05, 4.69) is 57.3 Å². The van der Waals surface area contributed by atoms with Crippen molar-refractivity contribution in [3.05, 3.63) is 53.6 Å². The number of ether oxygens (including phenoxy) is 6. The summed E-state index contributed by atoms with van der Waals surface area (Å²) in [4.78, 5) is 4.70. The van der Waals surface area contributed by atoms with Crippen LogP contribution in [-0.2, 0) is 25.6 Å². The second-order valence-corrected chi connectivity index (χ2v) is 10.9. The van der Waals surface area contributed by atoms with Gasteiger partial charge < -0.3 is 38.6 Å². The van der Waals surface area contributed by atoms with Crippen LogP contribution in [0.25, 0.3) is 0 Å². The summed E-state index contributed by atoms with van der Waals surface area (Å²) >= 11 is 0. The molecule has 2 fully saturated rings. The fraction of sp³-hybridized carbons (Fsp3) is 0.576. The molecule has 228 valence electrons. The van der Waals surface area contributed by atoms with Gasteiger partial charge in [-0.05, 0) is 41.8 Å². The summed E-state index contributed by atoms with van der Waals surface area (Å²) in [5.41, 5.74) is 3.43. The number of nitrogens with one attached hydrogen (secondary N) is 1. The predicted octanol–water partition coefficient (Wildman–Crippen LogP) is 2.92. The quantitative estimate of drug-likeness (QED) is 0.302. The van der Waals surface area contributed by atoms with Crippen LogP contribution < -0.4 is 19.7 Å². The summed E-state index contributed by atoms with van der Waals surface area (Å²) in [6, 6.07) is 14.6. The summed E-state index contributed by atoms with van der Waals surface area (Å²) in [7, 11) is 3.44. The van der Waals surface area contributed by atoms with Gasteiger partial charge in [-0.1, -0.05) is 30.0 Å². The number of rotatable bonds is 12. The lowest BCUT2D eigenvalue weighted by Gasteiger charge is -2.38. The molecule has 2 saturated heterocycles. The number of piperidine rings is 1. The van der Waals surface area contributed by atoms with Gasteiger partial charge in [0.2, 0.25) is 0 Å². The van der Waals surface area contributed by atoms with Gasteiger partial charge in [0.15, 0.2) is 0 Å². The van der Waals surface area contributed by atoms with Gasteiger partial charge in [0.25, 0.3) is 0 Å². The zero-order chi connectivity index (χ0) is 29.0. The Labute approximate surface area is 250 Å². The smallest absolute Gasteiger partial charge is 0.142 e. The molecule has 0 spiro atoms. The molecule has 2 aromatic rings. The fourth-order valence-electron chi connectivity index (χ4n) is 5.81. The molecule has 9 nitrogen and oxygen atoms in total. The van der Waals surface area contributed by atoms with Crippen LogP contribution in [0.1, 0.15) is 23.5 Å². The lowest BCUT2D eigenvalue weighted by molar-refractivity contribution is -0.0529. The molecule has 3 atom stereocenters. The van der Waals surface area contributed by atoms with Gasteiger partial charge in [0.1, 0.15) is 24.7 Å². The lowest BCUT2D eigenvalue weighted by atomic mass is 9.85. The first-order valence-electron chi connectivity index (χ1n) is 15.1. The predicted molar refractivity (Wildman–Crippen MR) is 163 cm³/mol. The molecule has 42 heavy (non-hydrogen) atoms. The Bertz CT molecular complexity index is 1160. The summed E-state index contributed by atoms with van der Waals surface area (Å²) in [6.07, 6.45) is 0.846. The summed E-state index contributed by atoms with van der Waals surface area (Å²) in [6.45, 7) is 9.83. The fourth-order valence-corrected chi connectivity index (χ4v) is 5.81. The number of morpholine rings is 1. The van der Waals surface area contributed by atoms with Crippen molar-refractivity contribution in [3.8, 4) is 23.3 Å². The Morgan fingerprint density at radius 3 is 2.52 bits per heavy atom. The maximum absolute atomic E-state index is 6.65. The second-order valence-electron chi connectivity index (χ2n) is 10.9. The third-order valence-corrected chi connectivity index (χ3v) is 8.12. The normalized spacial score (nSPS) is 22.5. The van der Waals surface area contributed by atoms with Gasteiger partial charge in [-0.25, -0.2) is 0 Å². The highest BCUT2D eigenvalue weighted by molar-refractivity contribution is 5.61. The van der Waals surface area contributed by atoms with E-state index in [1.54, 1.807) is 14.2 Å². The van der Waals surface area contributed by atoms with E-state index in [1.807, 2.05) is 12.1 Å². The molecule has 5 rings (SSSR count). The molecule has 3 aliphatic rings. The molecule has 0 aliphatic carbocycles. The summed E-state index contributed by atoms with van der Waals surface area (Å²) < 4.78 is 35.1. The zero-order valence-corrected chi connectivity index (χ0v) is 25.0. The topological polar surface area (TPSA) is 73.9 Å². The Hall–Kier alpha value is -2.84. The van der Waals surface area contributed by atoms with Crippen molar-refractivity contribution in [2.75, 3.05) is 98.0 Å². The number of hydrogen-bond acceptors (Lipinski definition) is 9. The van der Waals surface area contributed by atoms with Crippen molar-refractivity contribution in [2.45, 2.75) is 31.2 Å². The molecule has 0 radical (unpaired) electrons. The third kappa shape index (κ3) is 8.38. The van der Waals surface area contributed by atoms with Crippen LogP contribution in [0.5, 0.6) is 11.5 Å². The molecule has 9 heteroatoms. The minimum absolute atomic E-state index is 0.0599.